The molecule has 4 nitrogen and oxygen atoms in total. The average Bonchev–Trinajstić information content (AvgIpc) is 2.84. The van der Waals surface area contributed by atoms with Crippen LogP contribution in [-0.4, -0.2) is 14.8 Å². The highest BCUT2D eigenvalue weighted by molar-refractivity contribution is 5.84. The van der Waals surface area contributed by atoms with Crippen LogP contribution in [0.25, 0.3) is 16.7 Å². The van der Waals surface area contributed by atoms with Gasteiger partial charge in [0.05, 0.1) is 11.4 Å². The maximum absolute atomic E-state index is 9.28. The number of benzene rings is 1. The summed E-state index contributed by atoms with van der Waals surface area (Å²) in [6.07, 6.45) is 0.912. The Morgan fingerprint density at radius 2 is 1.95 bits per heavy atom. The number of para-hydroxylation sites is 1. The van der Waals surface area contributed by atoms with Crippen molar-refractivity contribution in [3.05, 3.63) is 53.3 Å². The number of aromatic nitrogens is 3. The van der Waals surface area contributed by atoms with Gasteiger partial charge < -0.3 is 0 Å². The maximum atomic E-state index is 9.28. The number of hydrogen-bond acceptors (Lipinski definition) is 3. The fourth-order valence-corrected chi connectivity index (χ4v) is 2.79. The monoisotopic (exact) mass is 290 g/mol. The SMILES string of the molecule is Cc1nn(-c2ccccc2)c2nc(C#N)cc(CC(C)C)c12. The van der Waals surface area contributed by atoms with Crippen LogP contribution in [0.2, 0.25) is 0 Å². The van der Waals surface area contributed by atoms with Crippen LogP contribution in [0.4, 0.5) is 0 Å². The van der Waals surface area contributed by atoms with Crippen LogP contribution in [0.15, 0.2) is 36.4 Å². The molecule has 1 aromatic carbocycles. The van der Waals surface area contributed by atoms with Crippen molar-refractivity contribution in [3.63, 3.8) is 0 Å². The summed E-state index contributed by atoms with van der Waals surface area (Å²) in [4.78, 5) is 4.50. The molecule has 3 rings (SSSR count). The Morgan fingerprint density at radius 1 is 1.23 bits per heavy atom. The topological polar surface area (TPSA) is 54.5 Å². The number of nitriles is 1. The van der Waals surface area contributed by atoms with Crippen molar-refractivity contribution in [1.82, 2.24) is 14.8 Å². The summed E-state index contributed by atoms with van der Waals surface area (Å²) >= 11 is 0. The van der Waals surface area contributed by atoms with Crippen LogP contribution in [0.3, 0.4) is 0 Å². The minimum atomic E-state index is 0.445. The Bertz CT molecular complexity index is 854. The van der Waals surface area contributed by atoms with Gasteiger partial charge in [-0.3, -0.25) is 0 Å². The first-order valence-electron chi connectivity index (χ1n) is 7.45. The summed E-state index contributed by atoms with van der Waals surface area (Å²) in [5.74, 6) is 0.511. The third-order valence-electron chi connectivity index (χ3n) is 3.64. The van der Waals surface area contributed by atoms with Gasteiger partial charge >= 0.3 is 0 Å². The maximum Gasteiger partial charge on any atom is 0.164 e. The number of aryl methyl sites for hydroxylation is 1. The molecule has 0 aliphatic rings. The van der Waals surface area contributed by atoms with Gasteiger partial charge in [-0.1, -0.05) is 32.0 Å². The highest BCUT2D eigenvalue weighted by atomic mass is 15.3. The van der Waals surface area contributed by atoms with Gasteiger partial charge in [-0.2, -0.15) is 10.4 Å². The Labute approximate surface area is 130 Å². The fraction of sp³-hybridized carbons (Fsp3) is 0.278. The zero-order chi connectivity index (χ0) is 15.7. The van der Waals surface area contributed by atoms with Gasteiger partial charge in [-0.05, 0) is 43.0 Å². The third-order valence-corrected chi connectivity index (χ3v) is 3.64. The summed E-state index contributed by atoms with van der Waals surface area (Å²) in [5.41, 5.74) is 4.26. The molecule has 0 aliphatic heterocycles. The molecule has 0 N–H and O–H groups in total. The van der Waals surface area contributed by atoms with Gasteiger partial charge in [0, 0.05) is 5.39 Å². The van der Waals surface area contributed by atoms with Crippen LogP contribution >= 0.6 is 0 Å². The lowest BCUT2D eigenvalue weighted by Crippen LogP contribution is -2.01. The molecule has 2 heterocycles. The van der Waals surface area contributed by atoms with Crippen LogP contribution in [-0.2, 0) is 6.42 Å². The van der Waals surface area contributed by atoms with E-state index >= 15 is 0 Å². The van der Waals surface area contributed by atoms with Crippen molar-refractivity contribution in [1.29, 1.82) is 5.26 Å². The minimum Gasteiger partial charge on any atom is -0.217 e. The normalized spacial score (nSPS) is 11.0. The van der Waals surface area contributed by atoms with Crippen molar-refractivity contribution >= 4 is 11.0 Å². The number of rotatable bonds is 3. The number of fused-ring (bicyclic) bond motifs is 1. The number of pyridine rings is 1. The third kappa shape index (κ3) is 2.46. The predicted molar refractivity (Wildman–Crippen MR) is 86.9 cm³/mol. The number of hydrogen-bond donors (Lipinski definition) is 0. The molecular formula is C18H18N4. The molecule has 3 aromatic rings. The van der Waals surface area contributed by atoms with Gasteiger partial charge in [-0.15, -0.1) is 0 Å². The lowest BCUT2D eigenvalue weighted by Gasteiger charge is -2.08. The summed E-state index contributed by atoms with van der Waals surface area (Å²) < 4.78 is 1.83. The minimum absolute atomic E-state index is 0.445. The second-order valence-corrected chi connectivity index (χ2v) is 5.91. The van der Waals surface area contributed by atoms with E-state index in [1.807, 2.05) is 48.0 Å². The van der Waals surface area contributed by atoms with E-state index in [2.05, 4.69) is 30.0 Å². The molecule has 2 aromatic heterocycles. The smallest absolute Gasteiger partial charge is 0.164 e. The van der Waals surface area contributed by atoms with Crippen LogP contribution in [0.1, 0.15) is 30.8 Å². The van der Waals surface area contributed by atoms with E-state index in [1.54, 1.807) is 0 Å². The van der Waals surface area contributed by atoms with E-state index in [0.717, 1.165) is 34.4 Å². The molecule has 0 unspecified atom stereocenters. The van der Waals surface area contributed by atoms with E-state index in [-0.39, 0.29) is 0 Å². The number of nitrogens with zero attached hydrogens (tertiary/aromatic N) is 4. The molecule has 0 atom stereocenters. The van der Waals surface area contributed by atoms with Crippen molar-refractivity contribution < 1.29 is 0 Å². The quantitative estimate of drug-likeness (QED) is 0.737. The van der Waals surface area contributed by atoms with E-state index in [4.69, 9.17) is 0 Å². The van der Waals surface area contributed by atoms with Gasteiger partial charge in [0.25, 0.3) is 0 Å². The molecular weight excluding hydrogens is 272 g/mol. The summed E-state index contributed by atoms with van der Waals surface area (Å²) in [6.45, 7) is 6.35. The molecule has 22 heavy (non-hydrogen) atoms. The molecule has 0 amide bonds. The molecule has 0 bridgehead atoms. The molecule has 0 radical (unpaired) electrons. The molecule has 0 aliphatic carbocycles. The van der Waals surface area contributed by atoms with E-state index in [1.165, 1.54) is 0 Å². The van der Waals surface area contributed by atoms with Crippen molar-refractivity contribution in [2.75, 3.05) is 0 Å². The largest absolute Gasteiger partial charge is 0.217 e. The first-order chi connectivity index (χ1) is 10.6. The Hall–Kier alpha value is -2.67. The molecule has 110 valence electrons. The molecule has 0 saturated heterocycles. The zero-order valence-corrected chi connectivity index (χ0v) is 13.0. The van der Waals surface area contributed by atoms with Gasteiger partial charge in [0.1, 0.15) is 11.8 Å². The van der Waals surface area contributed by atoms with Gasteiger partial charge in [0.15, 0.2) is 5.65 Å². The fourth-order valence-electron chi connectivity index (χ4n) is 2.79. The van der Waals surface area contributed by atoms with Crippen LogP contribution in [0.5, 0.6) is 0 Å². The second kappa shape index (κ2) is 5.61. The lowest BCUT2D eigenvalue weighted by molar-refractivity contribution is 0.649. The summed E-state index contributed by atoms with van der Waals surface area (Å²) in [7, 11) is 0. The molecule has 0 saturated carbocycles. The Balaban J connectivity index is 2.31. The van der Waals surface area contributed by atoms with Gasteiger partial charge in [-0.25, -0.2) is 9.67 Å². The van der Waals surface area contributed by atoms with Crippen LogP contribution in [0, 0.1) is 24.2 Å². The zero-order valence-electron chi connectivity index (χ0n) is 13.0. The molecule has 0 spiro atoms. The first-order valence-corrected chi connectivity index (χ1v) is 7.45. The lowest BCUT2D eigenvalue weighted by atomic mass is 9.99. The standard InChI is InChI=1S/C18H18N4/c1-12(2)9-14-10-15(11-19)20-18-17(14)13(3)21-22(18)16-7-5-4-6-8-16/h4-8,10,12H,9H2,1-3H3. The molecule has 0 fully saturated rings. The van der Waals surface area contributed by atoms with E-state index in [9.17, 15) is 5.26 Å². The Morgan fingerprint density at radius 3 is 2.59 bits per heavy atom. The Kier molecular flexibility index (Phi) is 3.64. The predicted octanol–water partition coefficient (Wildman–Crippen LogP) is 3.80. The highest BCUT2D eigenvalue weighted by Gasteiger charge is 2.16. The molecule has 4 heteroatoms. The van der Waals surface area contributed by atoms with Crippen molar-refractivity contribution in [2.24, 2.45) is 5.92 Å². The highest BCUT2D eigenvalue weighted by Crippen LogP contribution is 2.26. The summed E-state index contributed by atoms with van der Waals surface area (Å²) in [6, 6.07) is 14.0. The summed E-state index contributed by atoms with van der Waals surface area (Å²) in [5, 5.41) is 15.0. The van der Waals surface area contributed by atoms with Crippen LogP contribution < -0.4 is 0 Å². The second-order valence-electron chi connectivity index (χ2n) is 5.91. The average molecular weight is 290 g/mol. The van der Waals surface area contributed by atoms with Crippen molar-refractivity contribution in [3.8, 4) is 11.8 Å². The van der Waals surface area contributed by atoms with Gasteiger partial charge in [0.2, 0.25) is 0 Å². The van der Waals surface area contributed by atoms with Crippen molar-refractivity contribution in [2.45, 2.75) is 27.2 Å². The van der Waals surface area contributed by atoms with E-state index < -0.39 is 0 Å². The van der Waals surface area contributed by atoms with E-state index in [0.29, 0.717) is 11.6 Å². The first kappa shape index (κ1) is 14.3.